The normalized spacial score (nSPS) is 13.8. The number of alkyl halides is 3. The highest BCUT2D eigenvalue weighted by molar-refractivity contribution is 5.85. The number of nitrogens with one attached hydrogen (secondary N) is 1. The van der Waals surface area contributed by atoms with Gasteiger partial charge in [-0.2, -0.15) is 0 Å². The van der Waals surface area contributed by atoms with E-state index >= 15 is 0 Å². The molecule has 0 bridgehead atoms. The molecule has 0 aliphatic carbocycles. The van der Waals surface area contributed by atoms with Crippen LogP contribution in [0.2, 0.25) is 0 Å². The van der Waals surface area contributed by atoms with Crippen molar-refractivity contribution < 1.29 is 23.0 Å². The summed E-state index contributed by atoms with van der Waals surface area (Å²) < 4.78 is 44.5. The summed E-state index contributed by atoms with van der Waals surface area (Å²) in [4.78, 5) is 0. The van der Waals surface area contributed by atoms with Gasteiger partial charge in [0.2, 0.25) is 0 Å². The van der Waals surface area contributed by atoms with Crippen molar-refractivity contribution in [2.24, 2.45) is 0 Å². The SMILES string of the molecule is CNCC(O)C(c1ccccc1OC(F)(F)F)n1ccc2ccccc21.Cl. The average Bonchev–Trinajstić information content (AvgIpc) is 3.00. The lowest BCUT2D eigenvalue weighted by molar-refractivity contribution is -0.275. The molecule has 0 radical (unpaired) electrons. The number of para-hydroxylation sites is 2. The zero-order valence-corrected chi connectivity index (χ0v) is 15.3. The number of aliphatic hydroxyl groups is 1. The number of fused-ring (bicyclic) bond motifs is 1. The van der Waals surface area contributed by atoms with Crippen molar-refractivity contribution in [3.05, 3.63) is 66.4 Å². The minimum Gasteiger partial charge on any atom is -0.405 e. The highest BCUT2D eigenvalue weighted by Crippen LogP contribution is 2.35. The first kappa shape index (κ1) is 21.1. The van der Waals surface area contributed by atoms with Gasteiger partial charge in [-0.3, -0.25) is 0 Å². The molecule has 0 saturated carbocycles. The molecule has 2 N–H and O–H groups in total. The number of rotatable bonds is 6. The molecule has 2 unspecified atom stereocenters. The third-order valence-corrected chi connectivity index (χ3v) is 4.17. The van der Waals surface area contributed by atoms with Crippen LogP contribution in [0.4, 0.5) is 13.2 Å². The predicted octanol–water partition coefficient (Wildman–Crippen LogP) is 4.13. The molecule has 4 nitrogen and oxygen atoms in total. The second-order valence-corrected chi connectivity index (χ2v) is 5.94. The molecule has 2 atom stereocenters. The first-order valence-corrected chi connectivity index (χ1v) is 8.13. The topological polar surface area (TPSA) is 46.4 Å². The molecule has 0 aliphatic rings. The molecule has 3 rings (SSSR count). The fourth-order valence-corrected chi connectivity index (χ4v) is 3.15. The summed E-state index contributed by atoms with van der Waals surface area (Å²) in [6.45, 7) is 0.206. The van der Waals surface area contributed by atoms with E-state index in [1.807, 2.05) is 30.3 Å². The van der Waals surface area contributed by atoms with Crippen molar-refractivity contribution in [3.8, 4) is 5.75 Å². The number of aromatic nitrogens is 1. The highest BCUT2D eigenvalue weighted by Gasteiger charge is 2.34. The summed E-state index contributed by atoms with van der Waals surface area (Å²) in [5, 5.41) is 14.5. The Bertz CT molecular complexity index is 883. The van der Waals surface area contributed by atoms with Crippen LogP contribution in [0.5, 0.6) is 5.75 Å². The lowest BCUT2D eigenvalue weighted by Crippen LogP contribution is -2.34. The van der Waals surface area contributed by atoms with Crippen LogP contribution in [-0.2, 0) is 0 Å². The monoisotopic (exact) mass is 400 g/mol. The second kappa shape index (κ2) is 8.65. The van der Waals surface area contributed by atoms with Crippen molar-refractivity contribution >= 4 is 23.3 Å². The average molecular weight is 401 g/mol. The van der Waals surface area contributed by atoms with E-state index < -0.39 is 18.5 Å². The summed E-state index contributed by atoms with van der Waals surface area (Å²) in [5.41, 5.74) is 1.07. The number of hydrogen-bond acceptors (Lipinski definition) is 3. The van der Waals surface area contributed by atoms with Crippen LogP contribution >= 0.6 is 12.4 Å². The Morgan fingerprint density at radius 2 is 1.74 bits per heavy atom. The largest absolute Gasteiger partial charge is 0.573 e. The van der Waals surface area contributed by atoms with Gasteiger partial charge in [-0.05, 0) is 30.6 Å². The van der Waals surface area contributed by atoms with Gasteiger partial charge in [-0.25, -0.2) is 0 Å². The fraction of sp³-hybridized carbons (Fsp3) is 0.263. The minimum absolute atomic E-state index is 0. The van der Waals surface area contributed by atoms with Crippen LogP contribution in [0.3, 0.4) is 0 Å². The Balaban J connectivity index is 0.00000261. The van der Waals surface area contributed by atoms with Gasteiger partial charge in [0.25, 0.3) is 0 Å². The maximum atomic E-state index is 12.8. The Morgan fingerprint density at radius 1 is 1.07 bits per heavy atom. The number of halogens is 4. The molecular formula is C19H20ClF3N2O2. The molecule has 0 saturated heterocycles. The summed E-state index contributed by atoms with van der Waals surface area (Å²) in [6.07, 6.45) is -4.01. The van der Waals surface area contributed by atoms with Crippen molar-refractivity contribution in [3.63, 3.8) is 0 Å². The van der Waals surface area contributed by atoms with Crippen molar-refractivity contribution in [1.29, 1.82) is 0 Å². The molecule has 3 aromatic rings. The van der Waals surface area contributed by atoms with E-state index in [1.54, 1.807) is 29.9 Å². The molecule has 0 amide bonds. The number of hydrogen-bond donors (Lipinski definition) is 2. The minimum atomic E-state index is -4.81. The Labute approximate surface area is 161 Å². The molecule has 146 valence electrons. The van der Waals surface area contributed by atoms with Gasteiger partial charge in [-0.15, -0.1) is 25.6 Å². The summed E-state index contributed by atoms with van der Waals surface area (Å²) in [5.74, 6) is -0.321. The van der Waals surface area contributed by atoms with E-state index in [1.165, 1.54) is 12.1 Å². The third kappa shape index (κ3) is 4.74. The van der Waals surface area contributed by atoms with Crippen LogP contribution in [-0.4, -0.2) is 35.7 Å². The first-order chi connectivity index (χ1) is 12.4. The lowest BCUT2D eigenvalue weighted by Gasteiger charge is -2.28. The van der Waals surface area contributed by atoms with E-state index in [2.05, 4.69) is 10.1 Å². The first-order valence-electron chi connectivity index (χ1n) is 8.13. The number of likely N-dealkylation sites (N-methyl/N-ethyl adjacent to an activating group) is 1. The lowest BCUT2D eigenvalue weighted by atomic mass is 9.99. The predicted molar refractivity (Wildman–Crippen MR) is 100 cm³/mol. The van der Waals surface area contributed by atoms with Gasteiger partial charge in [0.05, 0.1) is 12.1 Å². The van der Waals surface area contributed by atoms with E-state index in [9.17, 15) is 18.3 Å². The van der Waals surface area contributed by atoms with Gasteiger partial charge in [-0.1, -0.05) is 36.4 Å². The van der Waals surface area contributed by atoms with Gasteiger partial charge in [0, 0.05) is 23.8 Å². The van der Waals surface area contributed by atoms with Crippen LogP contribution in [0, 0.1) is 0 Å². The van der Waals surface area contributed by atoms with E-state index in [-0.39, 0.29) is 30.3 Å². The highest BCUT2D eigenvalue weighted by atomic mass is 35.5. The molecule has 0 fully saturated rings. The standard InChI is InChI=1S/C19H19F3N2O2.ClH/c1-23-12-16(25)18(24-11-10-13-6-2-4-8-15(13)24)14-7-3-5-9-17(14)26-19(20,21)22;/h2-11,16,18,23,25H,12H2,1H3;1H. The summed E-state index contributed by atoms with van der Waals surface area (Å²) in [6, 6.07) is 14.5. The zero-order valence-electron chi connectivity index (χ0n) is 14.5. The number of ether oxygens (including phenoxy) is 1. The van der Waals surface area contributed by atoms with Crippen LogP contribution < -0.4 is 10.1 Å². The van der Waals surface area contributed by atoms with Crippen LogP contribution in [0.15, 0.2) is 60.8 Å². The molecule has 1 aromatic heterocycles. The van der Waals surface area contributed by atoms with Crippen molar-refractivity contribution in [2.45, 2.75) is 18.5 Å². The van der Waals surface area contributed by atoms with Gasteiger partial charge in [0.1, 0.15) is 5.75 Å². The quantitative estimate of drug-likeness (QED) is 0.654. The van der Waals surface area contributed by atoms with Crippen molar-refractivity contribution in [1.82, 2.24) is 9.88 Å². The Kier molecular flexibility index (Phi) is 6.75. The molecule has 0 spiro atoms. The van der Waals surface area contributed by atoms with Crippen LogP contribution in [0.1, 0.15) is 11.6 Å². The fourth-order valence-electron chi connectivity index (χ4n) is 3.15. The molecule has 8 heteroatoms. The smallest absolute Gasteiger partial charge is 0.405 e. The molecular weight excluding hydrogens is 381 g/mol. The van der Waals surface area contributed by atoms with Gasteiger partial charge >= 0.3 is 6.36 Å². The summed E-state index contributed by atoms with van der Waals surface area (Å²) in [7, 11) is 1.67. The van der Waals surface area contributed by atoms with Crippen LogP contribution in [0.25, 0.3) is 10.9 Å². The van der Waals surface area contributed by atoms with E-state index in [0.29, 0.717) is 0 Å². The van der Waals surface area contributed by atoms with Gasteiger partial charge in [0.15, 0.2) is 0 Å². The third-order valence-electron chi connectivity index (χ3n) is 4.17. The summed E-state index contributed by atoms with van der Waals surface area (Å²) >= 11 is 0. The Morgan fingerprint density at radius 3 is 2.44 bits per heavy atom. The second-order valence-electron chi connectivity index (χ2n) is 5.94. The van der Waals surface area contributed by atoms with E-state index in [4.69, 9.17) is 0 Å². The number of aliphatic hydroxyl groups excluding tert-OH is 1. The maximum absolute atomic E-state index is 12.8. The zero-order chi connectivity index (χ0) is 18.7. The molecule has 1 heterocycles. The number of nitrogens with zero attached hydrogens (tertiary/aromatic N) is 1. The number of benzene rings is 2. The Hall–Kier alpha value is -2.22. The maximum Gasteiger partial charge on any atom is 0.573 e. The molecule has 27 heavy (non-hydrogen) atoms. The van der Waals surface area contributed by atoms with E-state index in [0.717, 1.165) is 10.9 Å². The van der Waals surface area contributed by atoms with Crippen molar-refractivity contribution in [2.75, 3.05) is 13.6 Å². The van der Waals surface area contributed by atoms with Gasteiger partial charge < -0.3 is 19.7 Å². The molecule has 0 aliphatic heterocycles. The molecule has 2 aromatic carbocycles.